The van der Waals surface area contributed by atoms with Gasteiger partial charge in [0.2, 0.25) is 0 Å². The van der Waals surface area contributed by atoms with E-state index in [0.29, 0.717) is 0 Å². The molecule has 0 aromatic rings. The molecule has 0 heterocycles. The molecule has 0 nitrogen and oxygen atoms in total. The molecular weight excluding hydrogens is 132 g/mol. The van der Waals surface area contributed by atoms with Crippen molar-refractivity contribution >= 4 is 0 Å². The first-order valence-electron chi connectivity index (χ1n) is 5.22. The van der Waals surface area contributed by atoms with Crippen molar-refractivity contribution in [1.82, 2.24) is 0 Å². The Hall–Kier alpha value is 0. The average molecular weight is 158 g/mol. The summed E-state index contributed by atoms with van der Waals surface area (Å²) in [5, 5.41) is 0. The van der Waals surface area contributed by atoms with E-state index >= 15 is 0 Å². The van der Waals surface area contributed by atoms with Gasteiger partial charge in [-0.15, -0.1) is 0 Å². The van der Waals surface area contributed by atoms with Crippen molar-refractivity contribution in [2.45, 2.75) is 66.7 Å². The van der Waals surface area contributed by atoms with E-state index in [4.69, 9.17) is 0 Å². The van der Waals surface area contributed by atoms with Crippen molar-refractivity contribution in [3.8, 4) is 0 Å². The lowest BCUT2D eigenvalue weighted by atomic mass is 9.88. The zero-order chi connectivity index (χ0) is 9.11. The van der Waals surface area contributed by atoms with Crippen LogP contribution < -0.4 is 0 Å². The largest absolute Gasteiger partial charge is 0.0656 e. The Morgan fingerprint density at radius 1 is 0.909 bits per heavy atom. The molecule has 1 aliphatic carbocycles. The van der Waals surface area contributed by atoms with Crippen LogP contribution in [0.2, 0.25) is 0 Å². The van der Waals surface area contributed by atoms with Gasteiger partial charge in [0.25, 0.3) is 0 Å². The van der Waals surface area contributed by atoms with Crippen molar-refractivity contribution in [3.63, 3.8) is 0 Å². The van der Waals surface area contributed by atoms with E-state index in [-0.39, 0.29) is 0 Å². The van der Waals surface area contributed by atoms with Crippen LogP contribution in [0.15, 0.2) is 0 Å². The monoisotopic (exact) mass is 158 g/mol. The Balaban J connectivity index is 0. The van der Waals surface area contributed by atoms with Gasteiger partial charge in [0.1, 0.15) is 0 Å². The summed E-state index contributed by atoms with van der Waals surface area (Å²) < 4.78 is 0. The summed E-state index contributed by atoms with van der Waals surface area (Å²) in [7, 11) is 0. The normalized spacial score (nSPS) is 15.0. The van der Waals surface area contributed by atoms with Crippen LogP contribution >= 0.6 is 0 Å². The summed E-state index contributed by atoms with van der Waals surface area (Å²) in [4.78, 5) is 0. The molecule has 0 aliphatic heterocycles. The molecule has 0 amide bonds. The maximum Gasteiger partial charge on any atom is -0.0443 e. The fourth-order valence-electron chi connectivity index (χ4n) is 0.612. The van der Waals surface area contributed by atoms with Crippen LogP contribution in [-0.2, 0) is 0 Å². The van der Waals surface area contributed by atoms with Crippen LogP contribution in [0.25, 0.3) is 0 Å². The van der Waals surface area contributed by atoms with Crippen LogP contribution in [0, 0.1) is 5.92 Å². The summed E-state index contributed by atoms with van der Waals surface area (Å²) >= 11 is 0. The van der Waals surface area contributed by atoms with Gasteiger partial charge in [-0.2, -0.15) is 0 Å². The van der Waals surface area contributed by atoms with Crippen molar-refractivity contribution in [3.05, 3.63) is 0 Å². The van der Waals surface area contributed by atoms with Gasteiger partial charge in [0.15, 0.2) is 0 Å². The van der Waals surface area contributed by atoms with Crippen molar-refractivity contribution in [2.75, 3.05) is 0 Å². The van der Waals surface area contributed by atoms with Gasteiger partial charge >= 0.3 is 0 Å². The van der Waals surface area contributed by atoms with Crippen molar-refractivity contribution in [2.24, 2.45) is 5.92 Å². The molecule has 0 saturated heterocycles. The molecular formula is C11H26. The molecule has 0 N–H and O–H groups in total. The standard InChI is InChI=1S/C5H10.2C3H8/c1-5-3-2-4-5;2*1-3-2/h5H,2-4H2,1H3;2*3H2,1-2H3. The Bertz CT molecular complexity index is 42.0. The Morgan fingerprint density at radius 3 is 1.09 bits per heavy atom. The molecule has 0 atom stereocenters. The van der Waals surface area contributed by atoms with Crippen LogP contribution in [-0.4, -0.2) is 0 Å². The lowest BCUT2D eigenvalue weighted by Crippen LogP contribution is -2.04. The third kappa shape index (κ3) is 17.8. The lowest BCUT2D eigenvalue weighted by Gasteiger charge is -2.18. The summed E-state index contributed by atoms with van der Waals surface area (Å²) in [5.74, 6) is 1.06. The minimum Gasteiger partial charge on any atom is -0.0656 e. The van der Waals surface area contributed by atoms with Crippen LogP contribution in [0.4, 0.5) is 0 Å². The first kappa shape index (κ1) is 13.6. The second-order valence-electron chi connectivity index (χ2n) is 3.45. The Morgan fingerprint density at radius 2 is 1.09 bits per heavy atom. The van der Waals surface area contributed by atoms with Crippen molar-refractivity contribution in [1.29, 1.82) is 0 Å². The Labute approximate surface area is 73.4 Å². The van der Waals surface area contributed by atoms with E-state index in [2.05, 4.69) is 34.6 Å². The first-order valence-corrected chi connectivity index (χ1v) is 5.22. The summed E-state index contributed by atoms with van der Waals surface area (Å²) in [6, 6.07) is 0. The third-order valence-corrected chi connectivity index (χ3v) is 1.39. The molecule has 1 fully saturated rings. The maximum absolute atomic E-state index is 2.31. The molecule has 0 aromatic carbocycles. The second kappa shape index (κ2) is 12.7. The van der Waals surface area contributed by atoms with Crippen LogP contribution in [0.3, 0.4) is 0 Å². The van der Waals surface area contributed by atoms with E-state index in [9.17, 15) is 0 Å². The highest BCUT2D eigenvalue weighted by atomic mass is 14.1. The molecule has 0 spiro atoms. The highest BCUT2D eigenvalue weighted by Gasteiger charge is 2.09. The Kier molecular flexibility index (Phi) is 15.6. The maximum atomic E-state index is 2.31. The fraction of sp³-hybridized carbons (Fsp3) is 1.00. The second-order valence-corrected chi connectivity index (χ2v) is 3.45. The summed E-state index contributed by atoms with van der Waals surface area (Å²) in [6.07, 6.45) is 6.96. The van der Waals surface area contributed by atoms with Crippen molar-refractivity contribution < 1.29 is 0 Å². The number of hydrogen-bond donors (Lipinski definition) is 0. The molecule has 0 aromatic heterocycles. The van der Waals surface area contributed by atoms with Crippen LogP contribution in [0.1, 0.15) is 66.7 Å². The number of hydrogen-bond acceptors (Lipinski definition) is 0. The van der Waals surface area contributed by atoms with E-state index in [1.165, 1.54) is 32.1 Å². The van der Waals surface area contributed by atoms with Gasteiger partial charge in [-0.3, -0.25) is 0 Å². The minimum atomic E-state index is 1.06. The van der Waals surface area contributed by atoms with Crippen LogP contribution in [0.5, 0.6) is 0 Å². The molecule has 70 valence electrons. The molecule has 0 bridgehead atoms. The van der Waals surface area contributed by atoms with E-state index < -0.39 is 0 Å². The van der Waals surface area contributed by atoms with Gasteiger partial charge in [0, 0.05) is 0 Å². The van der Waals surface area contributed by atoms with E-state index in [1.807, 2.05) is 0 Å². The quantitative estimate of drug-likeness (QED) is 0.482. The molecule has 0 unspecified atom stereocenters. The molecule has 1 rings (SSSR count). The van der Waals surface area contributed by atoms with Gasteiger partial charge in [-0.05, 0) is 5.92 Å². The van der Waals surface area contributed by atoms with Gasteiger partial charge in [-0.25, -0.2) is 0 Å². The predicted octanol–water partition coefficient (Wildman–Crippen LogP) is 4.64. The van der Waals surface area contributed by atoms with Gasteiger partial charge < -0.3 is 0 Å². The highest BCUT2D eigenvalue weighted by Crippen LogP contribution is 2.24. The molecule has 11 heavy (non-hydrogen) atoms. The summed E-state index contributed by atoms with van der Waals surface area (Å²) in [6.45, 7) is 10.8. The predicted molar refractivity (Wildman–Crippen MR) is 54.9 cm³/mol. The minimum absolute atomic E-state index is 1.06. The smallest absolute Gasteiger partial charge is 0.0443 e. The highest BCUT2D eigenvalue weighted by molar-refractivity contribution is 4.62. The molecule has 0 heteroatoms. The zero-order valence-corrected chi connectivity index (χ0v) is 9.11. The fourth-order valence-corrected chi connectivity index (χ4v) is 0.612. The van der Waals surface area contributed by atoms with E-state index in [0.717, 1.165) is 5.92 Å². The third-order valence-electron chi connectivity index (χ3n) is 1.39. The topological polar surface area (TPSA) is 0 Å². The average Bonchev–Trinajstić information content (AvgIpc) is 1.87. The molecule has 1 saturated carbocycles. The van der Waals surface area contributed by atoms with Gasteiger partial charge in [-0.1, -0.05) is 66.7 Å². The van der Waals surface area contributed by atoms with Gasteiger partial charge in [0.05, 0.1) is 0 Å². The molecule has 1 aliphatic rings. The molecule has 0 radical (unpaired) electrons. The lowest BCUT2D eigenvalue weighted by molar-refractivity contribution is 0.346. The summed E-state index contributed by atoms with van der Waals surface area (Å²) in [5.41, 5.74) is 0. The SMILES string of the molecule is CC1CCC1.CCC.CCC. The number of rotatable bonds is 0. The zero-order valence-electron chi connectivity index (χ0n) is 9.11. The van der Waals surface area contributed by atoms with E-state index in [1.54, 1.807) is 0 Å². The first-order chi connectivity index (χ1) is 5.22.